The number of halogens is 3. The summed E-state index contributed by atoms with van der Waals surface area (Å²) < 4.78 is 46.9. The Morgan fingerprint density at radius 1 is 1.22 bits per heavy atom. The van der Waals surface area contributed by atoms with Gasteiger partial charge >= 0.3 is 6.18 Å². The molecule has 0 saturated heterocycles. The molecule has 27 heavy (non-hydrogen) atoms. The quantitative estimate of drug-likeness (QED) is 0.472. The minimum absolute atomic E-state index is 0.164. The van der Waals surface area contributed by atoms with E-state index in [1.807, 2.05) is 12.4 Å². The van der Waals surface area contributed by atoms with Gasteiger partial charge in [-0.1, -0.05) is 13.3 Å². The molecule has 0 aliphatic carbocycles. The van der Waals surface area contributed by atoms with Gasteiger partial charge in [0, 0.05) is 5.56 Å². The van der Waals surface area contributed by atoms with Crippen molar-refractivity contribution in [2.75, 3.05) is 20.3 Å². The van der Waals surface area contributed by atoms with Crippen LogP contribution in [-0.4, -0.2) is 44.4 Å². The van der Waals surface area contributed by atoms with Gasteiger partial charge in [-0.2, -0.15) is 13.2 Å². The predicted molar refractivity (Wildman–Crippen MR) is 90.5 cm³/mol. The van der Waals surface area contributed by atoms with Gasteiger partial charge in [0.2, 0.25) is 0 Å². The minimum Gasteiger partial charge on any atom is -0.493 e. The highest BCUT2D eigenvalue weighted by molar-refractivity contribution is 5.94. The number of rotatable bonds is 10. The number of unbranched alkanes of at least 4 members (excludes halogenated alkanes) is 1. The number of ether oxygens (including phenoxy) is 2. The van der Waals surface area contributed by atoms with E-state index in [0.717, 1.165) is 12.8 Å². The van der Waals surface area contributed by atoms with E-state index in [2.05, 4.69) is 0 Å². The highest BCUT2D eigenvalue weighted by Gasteiger charge is 2.29. The summed E-state index contributed by atoms with van der Waals surface area (Å²) in [5.41, 5.74) is 2.19. The molecule has 0 bridgehead atoms. The lowest BCUT2D eigenvalue weighted by atomic mass is 10.2. The Morgan fingerprint density at radius 3 is 2.52 bits per heavy atom. The maximum atomic E-state index is 12.1. The number of methoxy groups -OCH3 is 1. The average molecular weight is 392 g/mol. The average Bonchev–Trinajstić information content (AvgIpc) is 2.63. The standard InChI is InChI=1S/C17H23F3N2O5/c1-4-5-8-26-13-7-6-12(9-14(13)25-3)16(24)22-27-11(2)15(23)21-10-17(18,19)20/h6-7,9,11H,4-5,8,10H2,1-3H3,(H,21,23)(H,22,24)/t11-/m0/s1. The molecule has 0 spiro atoms. The molecule has 1 aromatic carbocycles. The van der Waals surface area contributed by atoms with Crippen LogP contribution in [0.25, 0.3) is 0 Å². The molecule has 152 valence electrons. The fourth-order valence-corrected chi connectivity index (χ4v) is 1.84. The third-order valence-electron chi connectivity index (χ3n) is 3.34. The van der Waals surface area contributed by atoms with Crippen molar-refractivity contribution < 1.29 is 37.1 Å². The molecule has 0 aromatic heterocycles. The van der Waals surface area contributed by atoms with Crippen molar-refractivity contribution in [1.82, 2.24) is 10.8 Å². The van der Waals surface area contributed by atoms with E-state index < -0.39 is 30.6 Å². The van der Waals surface area contributed by atoms with Crippen LogP contribution in [0.2, 0.25) is 0 Å². The lowest BCUT2D eigenvalue weighted by Gasteiger charge is -2.15. The van der Waals surface area contributed by atoms with E-state index in [1.165, 1.54) is 26.2 Å². The second kappa shape index (κ2) is 10.6. The lowest BCUT2D eigenvalue weighted by Crippen LogP contribution is -2.42. The van der Waals surface area contributed by atoms with Crippen LogP contribution >= 0.6 is 0 Å². The number of amides is 2. The molecule has 0 heterocycles. The third-order valence-corrected chi connectivity index (χ3v) is 3.34. The zero-order valence-electron chi connectivity index (χ0n) is 15.3. The molecule has 0 unspecified atom stereocenters. The number of benzene rings is 1. The zero-order valence-corrected chi connectivity index (χ0v) is 15.3. The van der Waals surface area contributed by atoms with Gasteiger partial charge in [0.15, 0.2) is 17.6 Å². The molecule has 0 radical (unpaired) electrons. The van der Waals surface area contributed by atoms with Gasteiger partial charge in [0.1, 0.15) is 6.54 Å². The van der Waals surface area contributed by atoms with Gasteiger partial charge in [-0.25, -0.2) is 5.48 Å². The number of hydrogen-bond acceptors (Lipinski definition) is 5. The van der Waals surface area contributed by atoms with E-state index in [0.29, 0.717) is 18.1 Å². The van der Waals surface area contributed by atoms with Crippen molar-refractivity contribution in [3.05, 3.63) is 23.8 Å². The summed E-state index contributed by atoms with van der Waals surface area (Å²) >= 11 is 0. The Kier molecular flexibility index (Phi) is 8.86. The number of carbonyl (C=O) groups is 2. The Morgan fingerprint density at radius 2 is 1.93 bits per heavy atom. The van der Waals surface area contributed by atoms with E-state index in [9.17, 15) is 22.8 Å². The smallest absolute Gasteiger partial charge is 0.405 e. The normalized spacial score (nSPS) is 12.2. The SMILES string of the molecule is CCCCOc1ccc(C(=O)NO[C@@H](C)C(=O)NCC(F)(F)F)cc1OC. The highest BCUT2D eigenvalue weighted by atomic mass is 19.4. The summed E-state index contributed by atoms with van der Waals surface area (Å²) in [6.07, 6.45) is -4.01. The number of hydrogen-bond donors (Lipinski definition) is 2. The molecule has 1 rings (SSSR count). The Balaban J connectivity index is 2.60. The molecule has 0 aliphatic heterocycles. The van der Waals surface area contributed by atoms with Crippen molar-refractivity contribution in [3.63, 3.8) is 0 Å². The van der Waals surface area contributed by atoms with Crippen molar-refractivity contribution >= 4 is 11.8 Å². The molecule has 2 amide bonds. The molecular weight excluding hydrogens is 369 g/mol. The second-order valence-corrected chi connectivity index (χ2v) is 5.59. The first-order valence-electron chi connectivity index (χ1n) is 8.29. The van der Waals surface area contributed by atoms with Crippen molar-refractivity contribution in [3.8, 4) is 11.5 Å². The first-order valence-corrected chi connectivity index (χ1v) is 8.29. The van der Waals surface area contributed by atoms with Crippen molar-refractivity contribution in [2.45, 2.75) is 39.0 Å². The maximum Gasteiger partial charge on any atom is 0.405 e. The molecular formula is C17H23F3N2O5. The zero-order chi connectivity index (χ0) is 20.4. The van der Waals surface area contributed by atoms with E-state index in [-0.39, 0.29) is 5.56 Å². The Bertz CT molecular complexity index is 637. The first kappa shape index (κ1) is 22.6. The van der Waals surface area contributed by atoms with Crippen molar-refractivity contribution in [2.24, 2.45) is 0 Å². The molecule has 1 atom stereocenters. The maximum absolute atomic E-state index is 12.1. The van der Waals surface area contributed by atoms with Crippen LogP contribution in [-0.2, 0) is 9.63 Å². The Hall–Kier alpha value is -2.49. The Labute approximate surface area is 155 Å². The molecule has 0 aliphatic rings. The minimum atomic E-state index is -4.53. The van der Waals surface area contributed by atoms with Crippen LogP contribution in [0.3, 0.4) is 0 Å². The van der Waals surface area contributed by atoms with Crippen LogP contribution in [0.15, 0.2) is 18.2 Å². The molecule has 2 N–H and O–H groups in total. The van der Waals surface area contributed by atoms with Gasteiger partial charge in [-0.05, 0) is 31.5 Å². The van der Waals surface area contributed by atoms with E-state index in [4.69, 9.17) is 14.3 Å². The van der Waals surface area contributed by atoms with Crippen LogP contribution in [0.5, 0.6) is 11.5 Å². The van der Waals surface area contributed by atoms with E-state index in [1.54, 1.807) is 11.4 Å². The predicted octanol–water partition coefficient (Wildman–Crippen LogP) is 2.60. The summed E-state index contributed by atoms with van der Waals surface area (Å²) in [5.74, 6) is -0.883. The summed E-state index contributed by atoms with van der Waals surface area (Å²) in [5, 5.41) is 1.66. The molecule has 0 fully saturated rings. The van der Waals surface area contributed by atoms with Gasteiger partial charge in [-0.15, -0.1) is 0 Å². The highest BCUT2D eigenvalue weighted by Crippen LogP contribution is 2.28. The van der Waals surface area contributed by atoms with Crippen LogP contribution in [0.4, 0.5) is 13.2 Å². The number of hydroxylamine groups is 1. The second-order valence-electron chi connectivity index (χ2n) is 5.59. The summed E-state index contributed by atoms with van der Waals surface area (Å²) in [6.45, 7) is 2.26. The molecule has 10 heteroatoms. The number of carbonyl (C=O) groups excluding carboxylic acids is 2. The van der Waals surface area contributed by atoms with Crippen LogP contribution in [0.1, 0.15) is 37.0 Å². The van der Waals surface area contributed by atoms with Crippen LogP contribution < -0.4 is 20.3 Å². The fourth-order valence-electron chi connectivity index (χ4n) is 1.84. The first-order chi connectivity index (χ1) is 12.7. The summed E-state index contributed by atoms with van der Waals surface area (Å²) in [4.78, 5) is 28.4. The van der Waals surface area contributed by atoms with Crippen LogP contribution in [0, 0.1) is 0 Å². The van der Waals surface area contributed by atoms with Crippen molar-refractivity contribution in [1.29, 1.82) is 0 Å². The molecule has 0 saturated carbocycles. The van der Waals surface area contributed by atoms with E-state index >= 15 is 0 Å². The monoisotopic (exact) mass is 392 g/mol. The molecule has 7 nitrogen and oxygen atoms in total. The summed E-state index contributed by atoms with van der Waals surface area (Å²) in [6, 6.07) is 4.45. The summed E-state index contributed by atoms with van der Waals surface area (Å²) in [7, 11) is 1.42. The largest absolute Gasteiger partial charge is 0.493 e. The number of alkyl halides is 3. The lowest BCUT2D eigenvalue weighted by molar-refractivity contribution is -0.147. The van der Waals surface area contributed by atoms with Gasteiger partial charge in [0.05, 0.1) is 13.7 Å². The van der Waals surface area contributed by atoms with Gasteiger partial charge in [-0.3, -0.25) is 14.4 Å². The number of nitrogens with one attached hydrogen (secondary N) is 2. The molecule has 1 aromatic rings. The fraction of sp³-hybridized carbons (Fsp3) is 0.529. The third kappa shape index (κ3) is 8.16. The van der Waals surface area contributed by atoms with Gasteiger partial charge in [0.25, 0.3) is 11.8 Å². The van der Waals surface area contributed by atoms with Gasteiger partial charge < -0.3 is 14.8 Å². The topological polar surface area (TPSA) is 85.9 Å².